The van der Waals surface area contributed by atoms with Crippen LogP contribution in [0, 0.1) is 5.82 Å². The molecule has 5 aromatic rings. The van der Waals surface area contributed by atoms with Crippen LogP contribution in [0.3, 0.4) is 0 Å². The molecule has 0 saturated carbocycles. The Morgan fingerprint density at radius 3 is 1.81 bits per heavy atom. The van der Waals surface area contributed by atoms with E-state index >= 15 is 0 Å². The van der Waals surface area contributed by atoms with E-state index in [1.54, 1.807) is 18.5 Å². The van der Waals surface area contributed by atoms with Crippen molar-refractivity contribution in [2.45, 2.75) is 12.4 Å². The SMILES string of the molecule is Fc1ccc(-n2ccnc2-c2ccccc2)c(Cl)c1.[B]C=C(c1cccc(C(F)(F)F)c1)c1cccc(C(F)(F)F)c1. The average molecular weight is 599 g/mol. The molecule has 0 bridgehead atoms. The molecule has 0 saturated heterocycles. The Labute approximate surface area is 243 Å². The Kier molecular flexibility index (Phi) is 9.26. The zero-order valence-electron chi connectivity index (χ0n) is 21.5. The van der Waals surface area contributed by atoms with E-state index in [0.29, 0.717) is 10.7 Å². The van der Waals surface area contributed by atoms with E-state index in [4.69, 9.17) is 19.4 Å². The minimum absolute atomic E-state index is 0.0849. The van der Waals surface area contributed by atoms with Crippen molar-refractivity contribution >= 4 is 25.0 Å². The number of hydrogen-bond donors (Lipinski definition) is 0. The summed E-state index contributed by atoms with van der Waals surface area (Å²) in [4.78, 5) is 4.34. The molecular formula is C31H19BClF7N2. The third-order valence-corrected chi connectivity index (χ3v) is 6.31. The molecule has 0 amide bonds. The summed E-state index contributed by atoms with van der Waals surface area (Å²) in [6.07, 6.45) is -5.60. The Bertz CT molecular complexity index is 1630. The smallest absolute Gasteiger partial charge is 0.298 e. The fraction of sp³-hybridized carbons (Fsp3) is 0.0645. The number of hydrogen-bond acceptors (Lipinski definition) is 1. The normalized spacial score (nSPS) is 11.4. The number of benzene rings is 4. The molecule has 212 valence electrons. The van der Waals surface area contributed by atoms with Gasteiger partial charge in [0.25, 0.3) is 0 Å². The summed E-state index contributed by atoms with van der Waals surface area (Å²) in [6, 6.07) is 22.6. The lowest BCUT2D eigenvalue weighted by Crippen LogP contribution is -2.06. The van der Waals surface area contributed by atoms with Crippen LogP contribution in [0.1, 0.15) is 22.3 Å². The standard InChI is InChI=1S/C16H9BF6.C15H10ClFN2/c17-9-14(10-3-1-5-12(7-10)15(18,19)20)11-4-2-6-13(8-11)16(21,22)23;16-13-10-12(17)6-7-14(13)19-9-8-18-15(19)11-4-2-1-3-5-11/h1-9H;1-10H. The molecule has 0 aliphatic carbocycles. The summed E-state index contributed by atoms with van der Waals surface area (Å²) in [5.41, 5.74) is 0.139. The molecule has 0 unspecified atom stereocenters. The molecule has 2 nitrogen and oxygen atoms in total. The third kappa shape index (κ3) is 7.30. The third-order valence-electron chi connectivity index (χ3n) is 6.01. The second-order valence-corrected chi connectivity index (χ2v) is 9.23. The molecule has 0 aliphatic heterocycles. The van der Waals surface area contributed by atoms with Gasteiger partial charge in [0, 0.05) is 18.0 Å². The first-order chi connectivity index (χ1) is 19.9. The molecule has 0 spiro atoms. The number of halogens is 8. The van der Waals surface area contributed by atoms with E-state index in [1.165, 1.54) is 36.4 Å². The van der Waals surface area contributed by atoms with Crippen molar-refractivity contribution in [1.82, 2.24) is 9.55 Å². The van der Waals surface area contributed by atoms with Crippen LogP contribution in [0.4, 0.5) is 30.7 Å². The number of aromatic nitrogens is 2. The van der Waals surface area contributed by atoms with E-state index in [-0.39, 0.29) is 22.5 Å². The second kappa shape index (κ2) is 12.7. The maximum atomic E-state index is 13.1. The molecule has 1 heterocycles. The van der Waals surface area contributed by atoms with Crippen molar-refractivity contribution in [1.29, 1.82) is 0 Å². The molecule has 1 aromatic heterocycles. The Morgan fingerprint density at radius 1 is 0.738 bits per heavy atom. The summed E-state index contributed by atoms with van der Waals surface area (Å²) in [6.45, 7) is 0. The van der Waals surface area contributed by atoms with Gasteiger partial charge in [-0.25, -0.2) is 9.37 Å². The molecule has 0 aliphatic rings. The van der Waals surface area contributed by atoms with Gasteiger partial charge < -0.3 is 0 Å². The van der Waals surface area contributed by atoms with Crippen molar-refractivity contribution in [3.05, 3.63) is 149 Å². The lowest BCUT2D eigenvalue weighted by Gasteiger charge is -2.14. The van der Waals surface area contributed by atoms with E-state index in [9.17, 15) is 30.7 Å². The lowest BCUT2D eigenvalue weighted by atomic mass is 9.90. The zero-order chi connectivity index (χ0) is 30.5. The first-order valence-electron chi connectivity index (χ1n) is 12.2. The van der Waals surface area contributed by atoms with Gasteiger partial charge in [0.2, 0.25) is 0 Å². The van der Waals surface area contributed by atoms with Gasteiger partial charge >= 0.3 is 12.4 Å². The number of alkyl halides is 6. The Balaban J connectivity index is 0.000000196. The first-order valence-corrected chi connectivity index (χ1v) is 12.6. The monoisotopic (exact) mass is 598 g/mol. The molecular weight excluding hydrogens is 580 g/mol. The highest BCUT2D eigenvalue weighted by Crippen LogP contribution is 2.35. The van der Waals surface area contributed by atoms with Gasteiger partial charge in [0.1, 0.15) is 19.5 Å². The minimum atomic E-state index is -4.55. The summed E-state index contributed by atoms with van der Waals surface area (Å²) in [5, 5.41) is 0.357. The van der Waals surface area contributed by atoms with Gasteiger partial charge in [-0.3, -0.25) is 4.57 Å². The van der Waals surface area contributed by atoms with Crippen LogP contribution in [0.2, 0.25) is 5.02 Å². The van der Waals surface area contributed by atoms with Crippen LogP contribution in [-0.4, -0.2) is 17.4 Å². The van der Waals surface area contributed by atoms with Crippen LogP contribution in [-0.2, 0) is 12.4 Å². The molecule has 0 fully saturated rings. The highest BCUT2D eigenvalue weighted by atomic mass is 35.5. The highest BCUT2D eigenvalue weighted by Gasteiger charge is 2.32. The zero-order valence-corrected chi connectivity index (χ0v) is 22.2. The van der Waals surface area contributed by atoms with E-state index in [2.05, 4.69) is 4.98 Å². The second-order valence-electron chi connectivity index (χ2n) is 8.82. The van der Waals surface area contributed by atoms with Crippen molar-refractivity contribution < 1.29 is 30.7 Å². The minimum Gasteiger partial charge on any atom is -0.298 e. The van der Waals surface area contributed by atoms with Gasteiger partial charge in [-0.05, 0) is 59.2 Å². The number of imidazole rings is 1. The van der Waals surface area contributed by atoms with Crippen LogP contribution in [0.5, 0.6) is 0 Å². The van der Waals surface area contributed by atoms with E-state index in [0.717, 1.165) is 41.6 Å². The molecule has 4 aromatic carbocycles. The van der Waals surface area contributed by atoms with Gasteiger partial charge in [-0.1, -0.05) is 66.2 Å². The predicted molar refractivity (Wildman–Crippen MR) is 150 cm³/mol. The molecule has 0 atom stereocenters. The summed E-state index contributed by atoms with van der Waals surface area (Å²) in [7, 11) is 5.43. The molecule has 11 heteroatoms. The van der Waals surface area contributed by atoms with Gasteiger partial charge in [0.15, 0.2) is 0 Å². The maximum absolute atomic E-state index is 13.1. The quantitative estimate of drug-likeness (QED) is 0.149. The maximum Gasteiger partial charge on any atom is 0.416 e. The van der Waals surface area contributed by atoms with E-state index < -0.39 is 23.5 Å². The molecule has 2 radical (unpaired) electrons. The predicted octanol–water partition coefficient (Wildman–Crippen LogP) is 9.61. The van der Waals surface area contributed by atoms with Crippen molar-refractivity contribution in [2.24, 2.45) is 0 Å². The van der Waals surface area contributed by atoms with Gasteiger partial charge in [-0.2, -0.15) is 26.3 Å². The largest absolute Gasteiger partial charge is 0.416 e. The van der Waals surface area contributed by atoms with Crippen molar-refractivity contribution in [3.8, 4) is 17.1 Å². The Hall–Kier alpha value is -4.31. The fourth-order valence-corrected chi connectivity index (χ4v) is 4.32. The van der Waals surface area contributed by atoms with Crippen molar-refractivity contribution in [3.63, 3.8) is 0 Å². The topological polar surface area (TPSA) is 17.8 Å². The summed E-state index contributed by atoms with van der Waals surface area (Å²) < 4.78 is 91.5. The molecule has 5 rings (SSSR count). The fourth-order valence-electron chi connectivity index (χ4n) is 4.06. The molecule has 0 N–H and O–H groups in total. The van der Waals surface area contributed by atoms with Gasteiger partial charge in [-0.15, -0.1) is 5.98 Å². The van der Waals surface area contributed by atoms with Crippen molar-refractivity contribution in [2.75, 3.05) is 0 Å². The number of nitrogens with zero attached hydrogens (tertiary/aromatic N) is 2. The van der Waals surface area contributed by atoms with E-state index in [1.807, 2.05) is 34.9 Å². The summed E-state index contributed by atoms with van der Waals surface area (Å²) >= 11 is 6.09. The molecule has 42 heavy (non-hydrogen) atoms. The Morgan fingerprint density at radius 2 is 1.31 bits per heavy atom. The first kappa shape index (κ1) is 30.6. The lowest BCUT2D eigenvalue weighted by molar-refractivity contribution is -0.138. The van der Waals surface area contributed by atoms with Crippen LogP contribution in [0.25, 0.3) is 22.6 Å². The van der Waals surface area contributed by atoms with Crippen LogP contribution < -0.4 is 0 Å². The highest BCUT2D eigenvalue weighted by molar-refractivity contribution is 6.32. The van der Waals surface area contributed by atoms with Crippen LogP contribution >= 0.6 is 11.6 Å². The van der Waals surface area contributed by atoms with Crippen LogP contribution in [0.15, 0.2) is 115 Å². The summed E-state index contributed by atoms with van der Waals surface area (Å²) in [5.74, 6) is 1.41. The average Bonchev–Trinajstić information content (AvgIpc) is 3.44. The van der Waals surface area contributed by atoms with Gasteiger partial charge in [0.05, 0.1) is 21.8 Å². The number of rotatable bonds is 4.